The van der Waals surface area contributed by atoms with Crippen molar-refractivity contribution in [2.45, 2.75) is 173 Å². The molecule has 0 aromatic rings. The van der Waals surface area contributed by atoms with Crippen LogP contribution in [0, 0.1) is 29.6 Å². The SMILES string of the molecule is CCCC1/C=C(\C)CC(C)CC(OC)C2OC(O)(C(=O)C(=O)N3CCCCC3C(=O)OC(/C(C)=C/C3CCC(O)C(OC)C3)C(C)C(O)CC1=O)C(C)CC2OC. The summed E-state index contributed by atoms with van der Waals surface area (Å²) in [4.78, 5) is 57.9. The lowest BCUT2D eigenvalue weighted by Gasteiger charge is -2.47. The van der Waals surface area contributed by atoms with Crippen LogP contribution < -0.4 is 0 Å². The quantitative estimate of drug-likeness (QED) is 0.181. The molecule has 14 unspecified atom stereocenters. The Labute approximate surface area is 339 Å². The first kappa shape index (κ1) is 47.2. The number of piperidine rings is 1. The second-order valence-electron chi connectivity index (χ2n) is 17.5. The number of allylic oxidation sites excluding steroid dienone is 3. The maximum absolute atomic E-state index is 14.3. The molecule has 2 bridgehead atoms. The van der Waals surface area contributed by atoms with Gasteiger partial charge in [0.2, 0.25) is 5.79 Å². The van der Waals surface area contributed by atoms with Crippen LogP contribution in [0.1, 0.15) is 119 Å². The molecule has 3 N–H and O–H groups in total. The Balaban J connectivity index is 1.77. The first-order valence-electron chi connectivity index (χ1n) is 21.3. The van der Waals surface area contributed by atoms with Gasteiger partial charge in [-0.1, -0.05) is 51.8 Å². The third-order valence-corrected chi connectivity index (χ3v) is 13.1. The molecule has 0 spiro atoms. The minimum atomic E-state index is -2.50. The second-order valence-corrected chi connectivity index (χ2v) is 17.5. The van der Waals surface area contributed by atoms with E-state index in [-0.39, 0.29) is 49.5 Å². The molecular weight excluding hydrogens is 734 g/mol. The number of hydrogen-bond donors (Lipinski definition) is 3. The van der Waals surface area contributed by atoms with Crippen LogP contribution >= 0.6 is 0 Å². The molecule has 1 saturated carbocycles. The smallest absolute Gasteiger partial charge is 0.329 e. The summed E-state index contributed by atoms with van der Waals surface area (Å²) in [6.07, 6.45) is 4.60. The third kappa shape index (κ3) is 11.4. The lowest BCUT2D eigenvalue weighted by molar-refractivity contribution is -0.302. The van der Waals surface area contributed by atoms with E-state index < -0.39 is 83.9 Å². The number of carbonyl (C=O) groups excluding carboxylic acids is 4. The summed E-state index contributed by atoms with van der Waals surface area (Å²) in [5.74, 6) is -7.46. The fourth-order valence-corrected chi connectivity index (χ4v) is 9.60. The monoisotopic (exact) mass is 805 g/mol. The first-order chi connectivity index (χ1) is 27.0. The van der Waals surface area contributed by atoms with Crippen molar-refractivity contribution in [2.24, 2.45) is 29.6 Å². The summed E-state index contributed by atoms with van der Waals surface area (Å²) in [6, 6.07) is -1.13. The third-order valence-electron chi connectivity index (χ3n) is 13.1. The predicted octanol–water partition coefficient (Wildman–Crippen LogP) is 4.86. The zero-order chi connectivity index (χ0) is 42.2. The summed E-state index contributed by atoms with van der Waals surface area (Å²) in [5, 5.41) is 34.2. The van der Waals surface area contributed by atoms with Gasteiger partial charge in [0.05, 0.1) is 30.5 Å². The van der Waals surface area contributed by atoms with Gasteiger partial charge in [-0.15, -0.1) is 0 Å². The topological polar surface area (TPSA) is 178 Å². The van der Waals surface area contributed by atoms with Gasteiger partial charge < -0.3 is 43.9 Å². The first-order valence-corrected chi connectivity index (χ1v) is 21.3. The number of amides is 1. The fraction of sp³-hybridized carbons (Fsp3) is 0.818. The van der Waals surface area contributed by atoms with Crippen LogP contribution in [-0.2, 0) is 42.9 Å². The van der Waals surface area contributed by atoms with Gasteiger partial charge in [-0.2, -0.15) is 0 Å². The Hall–Kier alpha value is -2.52. The number of aliphatic hydroxyl groups is 3. The molecule has 1 aliphatic carbocycles. The van der Waals surface area contributed by atoms with Gasteiger partial charge in [-0.05, 0) is 95.5 Å². The number of carbonyl (C=O) groups is 4. The lowest BCUT2D eigenvalue weighted by Crippen LogP contribution is -2.64. The molecular formula is C44H71NO12. The Bertz CT molecular complexity index is 1450. The van der Waals surface area contributed by atoms with Gasteiger partial charge >= 0.3 is 5.97 Å². The molecule has 2 saturated heterocycles. The van der Waals surface area contributed by atoms with Gasteiger partial charge in [0.1, 0.15) is 24.0 Å². The summed E-state index contributed by atoms with van der Waals surface area (Å²) in [6.45, 7) is 11.4. The fourth-order valence-electron chi connectivity index (χ4n) is 9.60. The van der Waals surface area contributed by atoms with E-state index in [0.29, 0.717) is 56.9 Å². The molecule has 1 amide bonds. The van der Waals surface area contributed by atoms with E-state index in [1.54, 1.807) is 21.0 Å². The number of methoxy groups -OCH3 is 3. The van der Waals surface area contributed by atoms with E-state index in [1.165, 1.54) is 19.1 Å². The summed E-state index contributed by atoms with van der Waals surface area (Å²) < 4.78 is 29.8. The minimum Gasteiger partial charge on any atom is -0.456 e. The molecule has 324 valence electrons. The summed E-state index contributed by atoms with van der Waals surface area (Å²) in [5.41, 5.74) is 1.67. The molecule has 0 radical (unpaired) electrons. The largest absolute Gasteiger partial charge is 0.456 e. The lowest BCUT2D eigenvalue weighted by atomic mass is 9.81. The molecule has 13 heteroatoms. The summed E-state index contributed by atoms with van der Waals surface area (Å²) >= 11 is 0. The van der Waals surface area contributed by atoms with Crippen LogP contribution in [0.15, 0.2) is 23.3 Å². The zero-order valence-corrected chi connectivity index (χ0v) is 35.8. The van der Waals surface area contributed by atoms with E-state index in [0.717, 1.165) is 12.0 Å². The Morgan fingerprint density at radius 1 is 0.912 bits per heavy atom. The number of nitrogens with zero attached hydrogens (tertiary/aromatic N) is 1. The highest BCUT2D eigenvalue weighted by Gasteiger charge is 2.56. The van der Waals surface area contributed by atoms with Crippen LogP contribution in [0.3, 0.4) is 0 Å². The number of ether oxygens (including phenoxy) is 5. The Morgan fingerprint density at radius 2 is 1.58 bits per heavy atom. The second kappa shape index (κ2) is 21.1. The number of rotatable bonds is 7. The maximum atomic E-state index is 14.3. The van der Waals surface area contributed by atoms with Crippen LogP contribution in [0.4, 0.5) is 0 Å². The molecule has 3 fully saturated rings. The van der Waals surface area contributed by atoms with Crippen molar-refractivity contribution in [1.29, 1.82) is 0 Å². The van der Waals surface area contributed by atoms with E-state index in [2.05, 4.69) is 6.92 Å². The normalized spacial score (nSPS) is 41.1. The van der Waals surface area contributed by atoms with Gasteiger partial charge in [0.25, 0.3) is 11.7 Å². The number of esters is 1. The van der Waals surface area contributed by atoms with E-state index in [9.17, 15) is 34.5 Å². The number of Topliss-reactive ketones (excluding diaryl/α,β-unsaturated/α-hetero) is 2. The van der Waals surface area contributed by atoms with Crippen molar-refractivity contribution < 1.29 is 58.2 Å². The van der Waals surface area contributed by atoms with Gasteiger partial charge in [0, 0.05) is 52.0 Å². The molecule has 0 aromatic heterocycles. The molecule has 14 atom stereocenters. The van der Waals surface area contributed by atoms with Gasteiger partial charge in [0.15, 0.2) is 0 Å². The highest BCUT2D eigenvalue weighted by Crippen LogP contribution is 2.39. The highest BCUT2D eigenvalue weighted by molar-refractivity contribution is 6.39. The minimum absolute atomic E-state index is 0.000416. The Kier molecular flexibility index (Phi) is 17.5. The predicted molar refractivity (Wildman–Crippen MR) is 213 cm³/mol. The van der Waals surface area contributed by atoms with Crippen LogP contribution in [0.25, 0.3) is 0 Å². The van der Waals surface area contributed by atoms with E-state index >= 15 is 0 Å². The average molecular weight is 806 g/mol. The van der Waals surface area contributed by atoms with E-state index in [1.807, 2.05) is 32.9 Å². The van der Waals surface area contributed by atoms with Crippen molar-refractivity contribution in [1.82, 2.24) is 4.90 Å². The maximum Gasteiger partial charge on any atom is 0.329 e. The van der Waals surface area contributed by atoms with Crippen molar-refractivity contribution in [3.05, 3.63) is 23.3 Å². The molecule has 57 heavy (non-hydrogen) atoms. The van der Waals surface area contributed by atoms with E-state index in [4.69, 9.17) is 23.7 Å². The Morgan fingerprint density at radius 3 is 2.23 bits per heavy atom. The van der Waals surface area contributed by atoms with Crippen LogP contribution in [0.5, 0.6) is 0 Å². The summed E-state index contributed by atoms with van der Waals surface area (Å²) in [7, 11) is 4.64. The molecule has 4 rings (SSSR count). The standard InChI is InChI=1S/C44H71NO12/c1-10-13-31-19-25(2)18-26(3)20-37(54-8)40-38(55-9)22-28(5)44(52,57-40)41(49)42(50)45-17-12-11-14-32(45)43(51)56-39(29(6)34(47)24-35(31)48)27(4)21-30-15-16-33(46)36(23-30)53-7/h19,21,26,28-34,36-40,46-47,52H,10-18,20,22-24H2,1-9H3/b25-19+,27-21+. The molecule has 4 aliphatic rings. The average Bonchev–Trinajstić information content (AvgIpc) is 3.18. The highest BCUT2D eigenvalue weighted by atomic mass is 16.7. The number of cyclic esters (lactones) is 1. The number of hydrogen-bond acceptors (Lipinski definition) is 12. The zero-order valence-electron chi connectivity index (χ0n) is 35.8. The van der Waals surface area contributed by atoms with Crippen molar-refractivity contribution in [2.75, 3.05) is 27.9 Å². The van der Waals surface area contributed by atoms with Crippen molar-refractivity contribution in [3.63, 3.8) is 0 Å². The van der Waals surface area contributed by atoms with Crippen molar-refractivity contribution >= 4 is 23.4 Å². The molecule has 13 nitrogen and oxygen atoms in total. The molecule has 3 aliphatic heterocycles. The van der Waals surface area contributed by atoms with Gasteiger partial charge in [-0.25, -0.2) is 4.79 Å². The van der Waals surface area contributed by atoms with Crippen molar-refractivity contribution in [3.8, 4) is 0 Å². The van der Waals surface area contributed by atoms with Gasteiger partial charge in [-0.3, -0.25) is 14.4 Å². The number of ketones is 2. The number of fused-ring (bicyclic) bond motifs is 3. The molecule has 3 heterocycles. The van der Waals surface area contributed by atoms with Crippen LogP contribution in [0.2, 0.25) is 0 Å². The number of aliphatic hydroxyl groups excluding tert-OH is 2. The molecule has 0 aromatic carbocycles. The van der Waals surface area contributed by atoms with Crippen LogP contribution in [-0.4, -0.2) is 126 Å².